The molecule has 0 amide bonds. The van der Waals surface area contributed by atoms with E-state index >= 15 is 0 Å². The summed E-state index contributed by atoms with van der Waals surface area (Å²) in [5.41, 5.74) is 0.139. The largest absolute Gasteiger partial charge is 0.197 e. The van der Waals surface area contributed by atoms with Gasteiger partial charge in [-0.05, 0) is 41.1 Å². The summed E-state index contributed by atoms with van der Waals surface area (Å²) < 4.78 is 1.10. The highest BCUT2D eigenvalue weighted by atomic mass is 127. The van der Waals surface area contributed by atoms with Gasteiger partial charge in [0.1, 0.15) is 5.41 Å². The van der Waals surface area contributed by atoms with E-state index in [-0.39, 0.29) is 0 Å². The molecule has 14 heavy (non-hydrogen) atoms. The predicted octanol–water partition coefficient (Wildman–Crippen LogP) is 2.89. The fourth-order valence-corrected chi connectivity index (χ4v) is 1.70. The predicted molar refractivity (Wildman–Crippen MR) is 62.2 cm³/mol. The van der Waals surface area contributed by atoms with Crippen molar-refractivity contribution in [3.63, 3.8) is 0 Å². The normalized spacial score (nSPS) is 10.3. The van der Waals surface area contributed by atoms with E-state index in [1.54, 1.807) is 6.92 Å². The molecule has 0 spiro atoms. The smallest absolute Gasteiger partial charge is 0.145 e. The van der Waals surface area contributed by atoms with Crippen LogP contribution in [0.4, 0.5) is 0 Å². The average Bonchev–Trinajstić information content (AvgIpc) is 2.21. The van der Waals surface area contributed by atoms with Gasteiger partial charge in [-0.25, -0.2) is 0 Å². The number of halogens is 1. The van der Waals surface area contributed by atoms with E-state index in [1.807, 2.05) is 36.4 Å². The Bertz CT molecular complexity index is 398. The summed E-state index contributed by atoms with van der Waals surface area (Å²) in [5.74, 6) is 0. The van der Waals surface area contributed by atoms with Crippen LogP contribution < -0.4 is 0 Å². The molecule has 1 rings (SSSR count). The van der Waals surface area contributed by atoms with E-state index in [2.05, 4.69) is 22.6 Å². The number of hydrogen-bond donors (Lipinski definition) is 0. The van der Waals surface area contributed by atoms with Gasteiger partial charge < -0.3 is 0 Å². The summed E-state index contributed by atoms with van der Waals surface area (Å²) in [6.45, 7) is 1.66. The number of nitrogens with zero attached hydrogens (tertiary/aromatic N) is 2. The fourth-order valence-electron chi connectivity index (χ4n) is 1.13. The molecule has 0 bridgehead atoms. The summed E-state index contributed by atoms with van der Waals surface area (Å²) in [6, 6.07) is 11.9. The van der Waals surface area contributed by atoms with E-state index in [4.69, 9.17) is 10.5 Å². The van der Waals surface area contributed by atoms with Crippen molar-refractivity contribution in [1.82, 2.24) is 0 Å². The standard InChI is InChI=1S/C11H9IN2/c1-11(7-13,8-14)6-9-4-2-3-5-10(9)12/h2-5H,6H2,1H3. The molecule has 2 nitrogen and oxygen atoms in total. The van der Waals surface area contributed by atoms with Crippen molar-refractivity contribution in [1.29, 1.82) is 10.5 Å². The van der Waals surface area contributed by atoms with E-state index < -0.39 is 5.41 Å². The van der Waals surface area contributed by atoms with Gasteiger partial charge in [0, 0.05) is 9.99 Å². The molecular weight excluding hydrogens is 287 g/mol. The van der Waals surface area contributed by atoms with Gasteiger partial charge in [0.05, 0.1) is 12.1 Å². The Hall–Kier alpha value is -1.07. The van der Waals surface area contributed by atoms with Gasteiger partial charge in [0.2, 0.25) is 0 Å². The molecule has 0 unspecified atom stereocenters. The monoisotopic (exact) mass is 296 g/mol. The van der Waals surface area contributed by atoms with Gasteiger partial charge in [-0.2, -0.15) is 10.5 Å². The maximum atomic E-state index is 8.86. The number of nitriles is 2. The third-order valence-electron chi connectivity index (χ3n) is 2.00. The molecule has 0 saturated carbocycles. The zero-order valence-corrected chi connectivity index (χ0v) is 9.95. The van der Waals surface area contributed by atoms with Crippen LogP contribution in [0.25, 0.3) is 0 Å². The van der Waals surface area contributed by atoms with Gasteiger partial charge in [-0.3, -0.25) is 0 Å². The van der Waals surface area contributed by atoms with Gasteiger partial charge >= 0.3 is 0 Å². The van der Waals surface area contributed by atoms with E-state index in [1.165, 1.54) is 0 Å². The maximum Gasteiger partial charge on any atom is 0.145 e. The van der Waals surface area contributed by atoms with Crippen LogP contribution in [0, 0.1) is 31.6 Å². The lowest BCUT2D eigenvalue weighted by Gasteiger charge is -2.12. The minimum Gasteiger partial charge on any atom is -0.197 e. The highest BCUT2D eigenvalue weighted by Crippen LogP contribution is 2.23. The quantitative estimate of drug-likeness (QED) is 0.788. The Morgan fingerprint density at radius 2 is 1.86 bits per heavy atom. The van der Waals surface area contributed by atoms with Crippen molar-refractivity contribution in [3.8, 4) is 12.1 Å². The van der Waals surface area contributed by atoms with Crippen LogP contribution in [0.1, 0.15) is 12.5 Å². The summed E-state index contributed by atoms with van der Waals surface area (Å²) in [5, 5.41) is 17.7. The molecule has 0 radical (unpaired) electrons. The van der Waals surface area contributed by atoms with Crippen molar-refractivity contribution in [2.75, 3.05) is 0 Å². The van der Waals surface area contributed by atoms with Crippen LogP contribution in [-0.4, -0.2) is 0 Å². The third-order valence-corrected chi connectivity index (χ3v) is 3.05. The fraction of sp³-hybridized carbons (Fsp3) is 0.273. The van der Waals surface area contributed by atoms with E-state index in [0.29, 0.717) is 6.42 Å². The highest BCUT2D eigenvalue weighted by molar-refractivity contribution is 14.1. The van der Waals surface area contributed by atoms with E-state index in [0.717, 1.165) is 9.13 Å². The SMILES string of the molecule is CC(C#N)(C#N)Cc1ccccc1I. The average molecular weight is 296 g/mol. The second-order valence-electron chi connectivity index (χ2n) is 3.32. The first-order valence-electron chi connectivity index (χ1n) is 4.17. The molecule has 0 aliphatic heterocycles. The lowest BCUT2D eigenvalue weighted by molar-refractivity contribution is 0.579. The molecule has 0 saturated heterocycles. The van der Waals surface area contributed by atoms with Gasteiger partial charge in [-0.15, -0.1) is 0 Å². The number of hydrogen-bond acceptors (Lipinski definition) is 2. The maximum absolute atomic E-state index is 8.86. The number of rotatable bonds is 2. The minimum absolute atomic E-state index is 0.485. The molecule has 70 valence electrons. The summed E-state index contributed by atoms with van der Waals surface area (Å²) in [4.78, 5) is 0. The summed E-state index contributed by atoms with van der Waals surface area (Å²) >= 11 is 2.21. The Labute approximate surface area is 97.3 Å². The molecule has 0 atom stereocenters. The van der Waals surface area contributed by atoms with Crippen molar-refractivity contribution in [3.05, 3.63) is 33.4 Å². The molecule has 0 aliphatic rings. The Kier molecular flexibility index (Phi) is 3.49. The Morgan fingerprint density at radius 1 is 1.29 bits per heavy atom. The van der Waals surface area contributed by atoms with Crippen molar-refractivity contribution in [2.24, 2.45) is 5.41 Å². The lowest BCUT2D eigenvalue weighted by Crippen LogP contribution is -2.15. The van der Waals surface area contributed by atoms with Crippen LogP contribution in [-0.2, 0) is 6.42 Å². The molecule has 1 aromatic rings. The van der Waals surface area contributed by atoms with Crippen LogP contribution in [0.15, 0.2) is 24.3 Å². The molecule has 3 heteroatoms. The zero-order valence-electron chi connectivity index (χ0n) is 7.79. The lowest BCUT2D eigenvalue weighted by atomic mass is 9.87. The molecule has 0 fully saturated rings. The van der Waals surface area contributed by atoms with E-state index in [9.17, 15) is 0 Å². The molecule has 0 heterocycles. The highest BCUT2D eigenvalue weighted by Gasteiger charge is 2.24. The molecule has 0 N–H and O–H groups in total. The van der Waals surface area contributed by atoms with Gasteiger partial charge in [0.15, 0.2) is 0 Å². The minimum atomic E-state index is -0.915. The Balaban J connectivity index is 2.97. The Morgan fingerprint density at radius 3 is 2.36 bits per heavy atom. The second-order valence-corrected chi connectivity index (χ2v) is 4.49. The first-order valence-corrected chi connectivity index (χ1v) is 5.25. The topological polar surface area (TPSA) is 47.6 Å². The first-order chi connectivity index (χ1) is 6.61. The number of benzene rings is 1. The molecular formula is C11H9IN2. The molecule has 1 aromatic carbocycles. The second kappa shape index (κ2) is 4.43. The van der Waals surface area contributed by atoms with Crippen molar-refractivity contribution in [2.45, 2.75) is 13.3 Å². The molecule has 0 aliphatic carbocycles. The zero-order chi connectivity index (χ0) is 10.6. The van der Waals surface area contributed by atoms with Gasteiger partial charge in [0.25, 0.3) is 0 Å². The first kappa shape index (κ1) is 11.0. The van der Waals surface area contributed by atoms with Gasteiger partial charge in [-0.1, -0.05) is 18.2 Å². The summed E-state index contributed by atoms with van der Waals surface area (Å²) in [6.07, 6.45) is 0.485. The van der Waals surface area contributed by atoms with Crippen molar-refractivity contribution < 1.29 is 0 Å². The van der Waals surface area contributed by atoms with Crippen LogP contribution in [0.3, 0.4) is 0 Å². The molecule has 0 aromatic heterocycles. The summed E-state index contributed by atoms with van der Waals surface area (Å²) in [7, 11) is 0. The van der Waals surface area contributed by atoms with Crippen LogP contribution in [0.5, 0.6) is 0 Å². The van der Waals surface area contributed by atoms with Crippen molar-refractivity contribution >= 4 is 22.6 Å². The van der Waals surface area contributed by atoms with Crippen LogP contribution >= 0.6 is 22.6 Å². The van der Waals surface area contributed by atoms with Crippen LogP contribution in [0.2, 0.25) is 0 Å². The third kappa shape index (κ3) is 2.46.